The van der Waals surface area contributed by atoms with Gasteiger partial charge in [0, 0.05) is 13.0 Å². The maximum absolute atomic E-state index is 12.9. The van der Waals surface area contributed by atoms with Crippen LogP contribution < -0.4 is 33.2 Å². The predicted octanol–water partition coefficient (Wildman–Crippen LogP) is -2.46. The first-order chi connectivity index (χ1) is 15.9. The van der Waals surface area contributed by atoms with E-state index in [4.69, 9.17) is 22.3 Å². The lowest BCUT2D eigenvalue weighted by Crippen LogP contribution is -2.57. The number of nitrogens with one attached hydrogen (secondary N) is 3. The summed E-state index contributed by atoms with van der Waals surface area (Å²) in [5.74, 6) is -4.36. The van der Waals surface area contributed by atoms with E-state index in [9.17, 15) is 29.1 Å². The Bertz CT molecular complexity index is 745. The third-order valence-electron chi connectivity index (χ3n) is 4.50. The lowest BCUT2D eigenvalue weighted by atomic mass is 10.1. The van der Waals surface area contributed by atoms with Gasteiger partial charge in [0.05, 0.1) is 6.04 Å². The van der Waals surface area contributed by atoms with Gasteiger partial charge >= 0.3 is 11.9 Å². The molecule has 0 aromatic heterocycles. The molecule has 0 bridgehead atoms. The number of hydrogen-bond acceptors (Lipinski definition) is 8. The van der Waals surface area contributed by atoms with Crippen LogP contribution in [0.1, 0.15) is 39.0 Å². The summed E-state index contributed by atoms with van der Waals surface area (Å²) in [6.07, 6.45) is 1.57. The summed E-state index contributed by atoms with van der Waals surface area (Å²) in [5.41, 5.74) is 16.1. The van der Waals surface area contributed by atoms with Crippen LogP contribution in [0.5, 0.6) is 0 Å². The number of rotatable bonds is 17. The number of hydrogen-bond donors (Lipinski definition) is 8. The molecular formula is C19H35N7O7S. The molecule has 0 aromatic rings. The van der Waals surface area contributed by atoms with E-state index in [1.807, 2.05) is 0 Å². The van der Waals surface area contributed by atoms with Crippen LogP contribution in [-0.2, 0) is 24.0 Å². The van der Waals surface area contributed by atoms with E-state index in [1.165, 1.54) is 18.7 Å². The second-order valence-corrected chi connectivity index (χ2v) is 8.46. The van der Waals surface area contributed by atoms with Gasteiger partial charge in [0.15, 0.2) is 5.96 Å². The highest BCUT2D eigenvalue weighted by Crippen LogP contribution is 2.06. The Balaban J connectivity index is 5.51. The van der Waals surface area contributed by atoms with Gasteiger partial charge in [-0.2, -0.15) is 11.8 Å². The van der Waals surface area contributed by atoms with Crippen molar-refractivity contribution >= 4 is 47.4 Å². The molecule has 0 aliphatic carbocycles. The van der Waals surface area contributed by atoms with Crippen molar-refractivity contribution in [1.82, 2.24) is 16.0 Å². The molecule has 0 aliphatic rings. The normalized spacial score (nSPS) is 14.1. The number of nitrogens with zero attached hydrogens (tertiary/aromatic N) is 1. The second kappa shape index (κ2) is 16.5. The summed E-state index contributed by atoms with van der Waals surface area (Å²) < 4.78 is 0. The Hall–Kier alpha value is -3.07. The van der Waals surface area contributed by atoms with Crippen molar-refractivity contribution in [3.8, 4) is 0 Å². The van der Waals surface area contributed by atoms with Crippen LogP contribution in [0.3, 0.4) is 0 Å². The van der Waals surface area contributed by atoms with Crippen molar-refractivity contribution in [2.75, 3.05) is 18.6 Å². The zero-order chi connectivity index (χ0) is 26.3. The van der Waals surface area contributed by atoms with Gasteiger partial charge in [0.1, 0.15) is 18.1 Å². The molecule has 4 atom stereocenters. The van der Waals surface area contributed by atoms with Crippen molar-refractivity contribution in [2.24, 2.45) is 22.2 Å². The van der Waals surface area contributed by atoms with Crippen LogP contribution in [0.15, 0.2) is 4.99 Å². The van der Waals surface area contributed by atoms with Crippen LogP contribution >= 0.6 is 11.8 Å². The van der Waals surface area contributed by atoms with Gasteiger partial charge in [-0.05, 0) is 44.6 Å². The topological polar surface area (TPSA) is 252 Å². The first-order valence-corrected chi connectivity index (χ1v) is 11.9. The minimum atomic E-state index is -1.34. The van der Waals surface area contributed by atoms with Crippen molar-refractivity contribution in [1.29, 1.82) is 0 Å². The molecule has 0 heterocycles. The van der Waals surface area contributed by atoms with Gasteiger partial charge in [-0.1, -0.05) is 0 Å². The zero-order valence-corrected chi connectivity index (χ0v) is 20.1. The lowest BCUT2D eigenvalue weighted by molar-refractivity contribution is -0.143. The third-order valence-corrected chi connectivity index (χ3v) is 5.14. The Kier molecular flexibility index (Phi) is 15.0. The molecule has 34 heavy (non-hydrogen) atoms. The van der Waals surface area contributed by atoms with E-state index < -0.39 is 60.2 Å². The molecule has 0 aromatic carbocycles. The van der Waals surface area contributed by atoms with Gasteiger partial charge in [-0.3, -0.25) is 24.2 Å². The smallest absolute Gasteiger partial charge is 0.326 e. The molecule has 3 amide bonds. The van der Waals surface area contributed by atoms with Crippen molar-refractivity contribution in [3.63, 3.8) is 0 Å². The number of thioether (sulfide) groups is 1. The molecule has 0 saturated heterocycles. The van der Waals surface area contributed by atoms with Gasteiger partial charge in [0.25, 0.3) is 0 Å². The van der Waals surface area contributed by atoms with E-state index in [1.54, 1.807) is 6.26 Å². The summed E-state index contributed by atoms with van der Waals surface area (Å²) in [6, 6.07) is -4.57. The molecule has 14 nitrogen and oxygen atoms in total. The maximum Gasteiger partial charge on any atom is 0.326 e. The van der Waals surface area contributed by atoms with E-state index in [2.05, 4.69) is 20.9 Å². The third kappa shape index (κ3) is 13.5. The molecule has 194 valence electrons. The maximum atomic E-state index is 12.9. The Morgan fingerprint density at radius 1 is 0.882 bits per heavy atom. The fourth-order valence-electron chi connectivity index (χ4n) is 2.65. The number of nitrogens with two attached hydrogens (primary N) is 3. The molecule has 0 radical (unpaired) electrons. The quantitative estimate of drug-likeness (QED) is 0.0584. The highest BCUT2D eigenvalue weighted by atomic mass is 32.2. The van der Waals surface area contributed by atoms with Crippen LogP contribution in [0.25, 0.3) is 0 Å². The SMILES string of the molecule is CSCCC(NC(=O)C(CCC(=O)O)NC(=O)C(CCCN=C(N)N)NC(=O)C(C)N)C(=O)O. The van der Waals surface area contributed by atoms with Crippen LogP contribution in [0.2, 0.25) is 0 Å². The monoisotopic (exact) mass is 505 g/mol. The summed E-state index contributed by atoms with van der Waals surface area (Å²) >= 11 is 1.39. The second-order valence-electron chi connectivity index (χ2n) is 7.47. The van der Waals surface area contributed by atoms with Crippen molar-refractivity contribution in [2.45, 2.75) is 63.2 Å². The van der Waals surface area contributed by atoms with Crippen LogP contribution in [-0.4, -0.2) is 88.6 Å². The molecule has 0 aliphatic heterocycles. The number of carbonyl (C=O) groups is 5. The standard InChI is InChI=1S/C19H35N7O7S/c1-10(20)15(29)24-11(4-3-8-23-19(21)22)16(30)25-12(5-6-14(27)28)17(31)26-13(18(32)33)7-9-34-2/h10-13H,3-9,20H2,1-2H3,(H,24,29)(H,25,30)(H,26,31)(H,27,28)(H,32,33)(H4,21,22,23). The fourth-order valence-corrected chi connectivity index (χ4v) is 3.12. The first-order valence-electron chi connectivity index (χ1n) is 10.5. The summed E-state index contributed by atoms with van der Waals surface area (Å²) in [5, 5.41) is 25.5. The molecule has 0 spiro atoms. The van der Waals surface area contributed by atoms with Gasteiger partial charge in [-0.15, -0.1) is 0 Å². The average molecular weight is 506 g/mol. The number of guanidine groups is 1. The number of aliphatic carboxylic acids is 2. The minimum Gasteiger partial charge on any atom is -0.481 e. The van der Waals surface area contributed by atoms with Crippen LogP contribution in [0, 0.1) is 0 Å². The Morgan fingerprint density at radius 2 is 1.41 bits per heavy atom. The number of aliphatic imine (C=N–C) groups is 1. The Labute approximate surface area is 201 Å². The summed E-state index contributed by atoms with van der Waals surface area (Å²) in [6.45, 7) is 1.60. The van der Waals surface area contributed by atoms with E-state index >= 15 is 0 Å². The largest absolute Gasteiger partial charge is 0.481 e. The molecule has 0 fully saturated rings. The lowest BCUT2D eigenvalue weighted by Gasteiger charge is -2.24. The first kappa shape index (κ1) is 30.9. The van der Waals surface area contributed by atoms with Gasteiger partial charge in [0.2, 0.25) is 17.7 Å². The van der Waals surface area contributed by atoms with Crippen molar-refractivity contribution < 1.29 is 34.2 Å². The average Bonchev–Trinajstić information content (AvgIpc) is 2.74. The zero-order valence-electron chi connectivity index (χ0n) is 19.3. The molecule has 11 N–H and O–H groups in total. The van der Waals surface area contributed by atoms with Gasteiger partial charge < -0.3 is 43.4 Å². The van der Waals surface area contributed by atoms with E-state index in [-0.39, 0.29) is 31.8 Å². The number of carbonyl (C=O) groups excluding carboxylic acids is 3. The highest BCUT2D eigenvalue weighted by molar-refractivity contribution is 7.98. The molecular weight excluding hydrogens is 470 g/mol. The minimum absolute atomic E-state index is 0.0970. The van der Waals surface area contributed by atoms with Crippen LogP contribution in [0.4, 0.5) is 0 Å². The number of carboxylic acid groups (broad SMARTS) is 2. The Morgan fingerprint density at radius 3 is 1.88 bits per heavy atom. The molecule has 0 saturated carbocycles. The predicted molar refractivity (Wildman–Crippen MR) is 127 cm³/mol. The van der Waals surface area contributed by atoms with Gasteiger partial charge in [-0.25, -0.2) is 4.79 Å². The summed E-state index contributed by atoms with van der Waals surface area (Å²) in [4.78, 5) is 63.9. The molecule has 15 heteroatoms. The molecule has 0 rings (SSSR count). The van der Waals surface area contributed by atoms with Crippen molar-refractivity contribution in [3.05, 3.63) is 0 Å². The number of amides is 3. The fraction of sp³-hybridized carbons (Fsp3) is 0.684. The van der Waals surface area contributed by atoms with E-state index in [0.29, 0.717) is 12.2 Å². The number of carboxylic acids is 2. The highest BCUT2D eigenvalue weighted by Gasteiger charge is 2.30. The molecule has 4 unspecified atom stereocenters. The summed E-state index contributed by atoms with van der Waals surface area (Å²) in [7, 11) is 0. The van der Waals surface area contributed by atoms with E-state index in [0.717, 1.165) is 0 Å².